The number of aromatic nitrogens is 3. The SMILES string of the molecule is [B]c1c([B])c([B])c(-c2ccc3oc4c(-c5nc(-c6ccccc6)nc(-c6ccccc6)n5)cccc4c3c2)c([B])c1[B]. The van der Waals surface area contributed by atoms with Gasteiger partial charge in [0.05, 0.1) is 5.56 Å². The molecule has 0 amide bonds. The molecule has 0 saturated heterocycles. The van der Waals surface area contributed by atoms with Crippen molar-refractivity contribution in [3.63, 3.8) is 0 Å². The zero-order valence-electron chi connectivity index (χ0n) is 22.4. The van der Waals surface area contributed by atoms with Crippen LogP contribution in [0.2, 0.25) is 0 Å². The Morgan fingerprint density at radius 3 is 1.60 bits per heavy atom. The van der Waals surface area contributed by atoms with Crippen LogP contribution in [0.3, 0.4) is 0 Å². The van der Waals surface area contributed by atoms with Crippen LogP contribution in [0.25, 0.3) is 67.2 Å². The van der Waals surface area contributed by atoms with Crippen molar-refractivity contribution in [2.45, 2.75) is 0 Å². The first-order valence-corrected chi connectivity index (χ1v) is 13.2. The first-order chi connectivity index (χ1) is 20.4. The molecule has 0 aliphatic heterocycles. The molecule has 0 fully saturated rings. The molecule has 184 valence electrons. The highest BCUT2D eigenvalue weighted by atomic mass is 16.3. The molecule has 7 rings (SSSR count). The van der Waals surface area contributed by atoms with Crippen molar-refractivity contribution in [1.82, 2.24) is 15.0 Å². The predicted octanol–water partition coefficient (Wildman–Crippen LogP) is 2.41. The zero-order valence-corrected chi connectivity index (χ0v) is 22.4. The van der Waals surface area contributed by atoms with Gasteiger partial charge in [0.15, 0.2) is 17.5 Å². The number of benzene rings is 5. The molecule has 0 atom stereocenters. The van der Waals surface area contributed by atoms with E-state index in [0.29, 0.717) is 34.2 Å². The third-order valence-corrected chi connectivity index (χ3v) is 7.43. The summed E-state index contributed by atoms with van der Waals surface area (Å²) in [5, 5.41) is 1.73. The molecule has 0 N–H and O–H groups in total. The minimum absolute atomic E-state index is 0.176. The topological polar surface area (TPSA) is 51.8 Å². The Labute approximate surface area is 249 Å². The van der Waals surface area contributed by atoms with Crippen molar-refractivity contribution in [3.05, 3.63) is 97.1 Å². The van der Waals surface area contributed by atoms with Crippen LogP contribution in [0.5, 0.6) is 0 Å². The minimum atomic E-state index is 0.176. The van der Waals surface area contributed by atoms with Crippen molar-refractivity contribution in [2.24, 2.45) is 0 Å². The molecule has 0 aliphatic rings. The number of hydrogen-bond donors (Lipinski definition) is 0. The molecule has 0 bridgehead atoms. The maximum atomic E-state index is 6.41. The average Bonchev–Trinajstić information content (AvgIpc) is 3.42. The Morgan fingerprint density at radius 1 is 0.452 bits per heavy atom. The lowest BCUT2D eigenvalue weighted by atomic mass is 9.59. The van der Waals surface area contributed by atoms with Crippen LogP contribution in [0, 0.1) is 0 Å². The lowest BCUT2D eigenvalue weighted by Crippen LogP contribution is -2.55. The summed E-state index contributed by atoms with van der Waals surface area (Å²) in [4.78, 5) is 14.6. The number of hydrogen-bond acceptors (Lipinski definition) is 4. The van der Waals surface area contributed by atoms with Gasteiger partial charge in [-0.15, -0.1) is 16.4 Å². The van der Waals surface area contributed by atoms with Gasteiger partial charge in [0.25, 0.3) is 0 Å². The molecule has 7 aromatic rings. The fourth-order valence-corrected chi connectivity index (χ4v) is 5.22. The summed E-state index contributed by atoms with van der Waals surface area (Å²) in [6.07, 6.45) is 0. The number of nitrogens with zero attached hydrogens (tertiary/aromatic N) is 3. The molecule has 42 heavy (non-hydrogen) atoms. The second-order valence-electron chi connectivity index (χ2n) is 9.98. The summed E-state index contributed by atoms with van der Waals surface area (Å²) in [5.41, 5.74) is 6.24. The maximum Gasteiger partial charge on any atom is 0.167 e. The number of para-hydroxylation sites is 1. The quantitative estimate of drug-likeness (QED) is 0.332. The molecule has 0 aliphatic carbocycles. The standard InChI is InChI=1S/C33H16B5N3O/c34-25-24(26(35)28(37)29(38)27(25)36)19-14-15-23-22(16-19)20-12-7-13-21(30(20)42-23)33-40-31(17-8-3-1-4-9-17)39-32(41-33)18-10-5-2-6-11-18/h1-16H. The highest BCUT2D eigenvalue weighted by Crippen LogP contribution is 2.37. The van der Waals surface area contributed by atoms with Gasteiger partial charge in [-0.05, 0) is 29.3 Å². The first-order valence-electron chi connectivity index (χ1n) is 13.2. The molecule has 10 radical (unpaired) electrons. The molecule has 4 nitrogen and oxygen atoms in total. The largest absolute Gasteiger partial charge is 0.455 e. The fraction of sp³-hybridized carbons (Fsp3) is 0. The molecule has 2 aromatic heterocycles. The van der Waals surface area contributed by atoms with Crippen molar-refractivity contribution < 1.29 is 4.42 Å². The molecular weight excluding hydrogens is 508 g/mol. The summed E-state index contributed by atoms with van der Waals surface area (Å²) >= 11 is 0. The van der Waals surface area contributed by atoms with Crippen molar-refractivity contribution >= 4 is 88.5 Å². The summed E-state index contributed by atoms with van der Waals surface area (Å²) in [6.45, 7) is 0. The first kappa shape index (κ1) is 26.2. The Balaban J connectivity index is 1.44. The normalized spacial score (nSPS) is 11.3. The van der Waals surface area contributed by atoms with E-state index in [1.54, 1.807) is 0 Å². The van der Waals surface area contributed by atoms with E-state index in [2.05, 4.69) is 0 Å². The van der Waals surface area contributed by atoms with Crippen LogP contribution in [0.1, 0.15) is 0 Å². The highest BCUT2D eigenvalue weighted by Gasteiger charge is 2.19. The number of rotatable bonds is 4. The fourth-order valence-electron chi connectivity index (χ4n) is 5.22. The average molecular weight is 525 g/mol. The van der Waals surface area contributed by atoms with Gasteiger partial charge in [0, 0.05) is 21.9 Å². The summed E-state index contributed by atoms with van der Waals surface area (Å²) in [6, 6.07) is 31.2. The molecule has 0 spiro atoms. The van der Waals surface area contributed by atoms with Gasteiger partial charge in [-0.2, -0.15) is 0 Å². The Morgan fingerprint density at radius 2 is 1.00 bits per heavy atom. The van der Waals surface area contributed by atoms with Gasteiger partial charge < -0.3 is 4.42 Å². The van der Waals surface area contributed by atoms with Crippen LogP contribution in [-0.2, 0) is 0 Å². The van der Waals surface area contributed by atoms with Crippen molar-refractivity contribution in [1.29, 1.82) is 0 Å². The van der Waals surface area contributed by atoms with Gasteiger partial charge in [-0.3, -0.25) is 0 Å². The molecule has 0 unspecified atom stereocenters. The van der Waals surface area contributed by atoms with Gasteiger partial charge in [-0.1, -0.05) is 89.8 Å². The zero-order chi connectivity index (χ0) is 29.0. The molecule has 9 heteroatoms. The maximum absolute atomic E-state index is 6.41. The van der Waals surface area contributed by atoms with Gasteiger partial charge >= 0.3 is 0 Å². The predicted molar refractivity (Wildman–Crippen MR) is 176 cm³/mol. The van der Waals surface area contributed by atoms with E-state index in [9.17, 15) is 0 Å². The Kier molecular flexibility index (Phi) is 6.39. The molecular formula is C33H16B5N3O. The number of fused-ring (bicyclic) bond motifs is 3. The van der Waals surface area contributed by atoms with Crippen LogP contribution in [-0.4, -0.2) is 54.2 Å². The van der Waals surface area contributed by atoms with Gasteiger partial charge in [-0.25, -0.2) is 15.0 Å². The van der Waals surface area contributed by atoms with E-state index >= 15 is 0 Å². The van der Waals surface area contributed by atoms with Gasteiger partial charge in [0.1, 0.15) is 50.4 Å². The highest BCUT2D eigenvalue weighted by molar-refractivity contribution is 6.68. The van der Waals surface area contributed by atoms with E-state index in [4.69, 9.17) is 58.6 Å². The third-order valence-electron chi connectivity index (χ3n) is 7.43. The Bertz CT molecular complexity index is 2060. The van der Waals surface area contributed by atoms with Crippen LogP contribution < -0.4 is 27.3 Å². The van der Waals surface area contributed by atoms with E-state index in [1.807, 2.05) is 97.1 Å². The second kappa shape index (κ2) is 10.3. The summed E-state index contributed by atoms with van der Waals surface area (Å²) in [5.74, 6) is 1.64. The van der Waals surface area contributed by atoms with Crippen molar-refractivity contribution in [2.75, 3.05) is 0 Å². The summed E-state index contributed by atoms with van der Waals surface area (Å²) < 4.78 is 6.41. The second-order valence-corrected chi connectivity index (χ2v) is 9.98. The monoisotopic (exact) mass is 525 g/mol. The lowest BCUT2D eigenvalue weighted by molar-refractivity contribution is 0.669. The smallest absolute Gasteiger partial charge is 0.167 e. The van der Waals surface area contributed by atoms with E-state index < -0.39 is 0 Å². The van der Waals surface area contributed by atoms with Gasteiger partial charge in [0.2, 0.25) is 0 Å². The van der Waals surface area contributed by atoms with Crippen molar-refractivity contribution in [3.8, 4) is 45.3 Å². The van der Waals surface area contributed by atoms with E-state index in [-0.39, 0.29) is 27.3 Å². The summed E-state index contributed by atoms with van der Waals surface area (Å²) in [7, 11) is 31.0. The molecule has 5 aromatic carbocycles. The molecule has 0 saturated carbocycles. The van der Waals surface area contributed by atoms with E-state index in [1.165, 1.54) is 0 Å². The minimum Gasteiger partial charge on any atom is -0.455 e. The Hall–Kier alpha value is -4.77. The lowest BCUT2D eigenvalue weighted by Gasteiger charge is -2.21. The van der Waals surface area contributed by atoms with Crippen LogP contribution in [0.4, 0.5) is 0 Å². The van der Waals surface area contributed by atoms with E-state index in [0.717, 1.165) is 33.0 Å². The van der Waals surface area contributed by atoms with Crippen LogP contribution in [0.15, 0.2) is 101 Å². The van der Waals surface area contributed by atoms with Crippen LogP contribution >= 0.6 is 0 Å². The number of furan rings is 1. The third kappa shape index (κ3) is 4.28. The molecule has 2 heterocycles.